The lowest BCUT2D eigenvalue weighted by molar-refractivity contribution is -0.135. The minimum atomic E-state index is 0. The van der Waals surface area contributed by atoms with Crippen LogP contribution in [0.25, 0.3) is 0 Å². The maximum Gasteiger partial charge on any atom is 0.227 e. The number of benzene rings is 1. The van der Waals surface area contributed by atoms with Gasteiger partial charge in [-0.15, -0.1) is 12.4 Å². The van der Waals surface area contributed by atoms with E-state index in [-0.39, 0.29) is 30.3 Å². The van der Waals surface area contributed by atoms with E-state index in [9.17, 15) is 4.79 Å². The van der Waals surface area contributed by atoms with E-state index in [1.165, 1.54) is 0 Å². The highest BCUT2D eigenvalue weighted by atomic mass is 35.5. The third-order valence-electron chi connectivity index (χ3n) is 4.30. The lowest BCUT2D eigenvalue weighted by Crippen LogP contribution is -2.42. The van der Waals surface area contributed by atoms with Crippen LogP contribution in [0.4, 0.5) is 0 Å². The minimum absolute atomic E-state index is 0. The van der Waals surface area contributed by atoms with Gasteiger partial charge in [0.2, 0.25) is 5.91 Å². The maximum absolute atomic E-state index is 12.5. The third kappa shape index (κ3) is 4.66. The number of ether oxygens (including phenoxy) is 1. The molecule has 2 atom stereocenters. The van der Waals surface area contributed by atoms with E-state index in [2.05, 4.69) is 5.32 Å². The van der Waals surface area contributed by atoms with Crippen LogP contribution in [0.1, 0.15) is 19.3 Å². The van der Waals surface area contributed by atoms with Crippen molar-refractivity contribution in [2.75, 3.05) is 26.2 Å². The smallest absolute Gasteiger partial charge is 0.227 e. The van der Waals surface area contributed by atoms with Crippen LogP contribution in [0.2, 0.25) is 10.0 Å². The summed E-state index contributed by atoms with van der Waals surface area (Å²) in [4.78, 5) is 14.4. The molecule has 7 heteroatoms. The van der Waals surface area contributed by atoms with Gasteiger partial charge in [-0.05, 0) is 31.5 Å². The fourth-order valence-electron chi connectivity index (χ4n) is 3.09. The summed E-state index contributed by atoms with van der Waals surface area (Å²) < 4.78 is 5.93. The number of amides is 1. The second-order valence-corrected chi connectivity index (χ2v) is 6.75. The van der Waals surface area contributed by atoms with Gasteiger partial charge in [0.25, 0.3) is 0 Å². The summed E-state index contributed by atoms with van der Waals surface area (Å²) >= 11 is 11.9. The summed E-state index contributed by atoms with van der Waals surface area (Å²) in [6, 6.07) is 5.26. The molecule has 2 heterocycles. The number of rotatable bonds is 3. The highest BCUT2D eigenvalue weighted by Gasteiger charge is 2.32. The quantitative estimate of drug-likeness (QED) is 0.875. The van der Waals surface area contributed by atoms with Crippen LogP contribution >= 0.6 is 35.6 Å². The van der Waals surface area contributed by atoms with Crippen molar-refractivity contribution in [3.63, 3.8) is 0 Å². The first-order valence-corrected chi connectivity index (χ1v) is 8.50. The molecule has 0 aliphatic carbocycles. The normalized spacial score (nSPS) is 24.2. The molecule has 1 N–H and O–H groups in total. The summed E-state index contributed by atoms with van der Waals surface area (Å²) in [5, 5.41) is 4.30. The molecule has 2 unspecified atom stereocenters. The summed E-state index contributed by atoms with van der Waals surface area (Å²) in [7, 11) is 0. The Labute approximate surface area is 152 Å². The first-order chi connectivity index (χ1) is 10.6. The van der Waals surface area contributed by atoms with Crippen LogP contribution in [-0.2, 0) is 4.79 Å². The second-order valence-electron chi connectivity index (χ2n) is 5.93. The van der Waals surface area contributed by atoms with Gasteiger partial charge in [-0.1, -0.05) is 23.2 Å². The van der Waals surface area contributed by atoms with Gasteiger partial charge < -0.3 is 15.0 Å². The van der Waals surface area contributed by atoms with Crippen LogP contribution in [0, 0.1) is 5.92 Å². The van der Waals surface area contributed by atoms with Gasteiger partial charge in [-0.3, -0.25) is 4.79 Å². The van der Waals surface area contributed by atoms with Gasteiger partial charge in [0.15, 0.2) is 0 Å². The van der Waals surface area contributed by atoms with Gasteiger partial charge in [0.1, 0.15) is 11.9 Å². The highest BCUT2D eigenvalue weighted by Crippen LogP contribution is 2.28. The lowest BCUT2D eigenvalue weighted by atomic mass is 9.98. The molecule has 1 amide bonds. The highest BCUT2D eigenvalue weighted by molar-refractivity contribution is 6.42. The zero-order chi connectivity index (χ0) is 15.5. The fourth-order valence-corrected chi connectivity index (χ4v) is 3.38. The number of halogens is 3. The second kappa shape index (κ2) is 8.43. The van der Waals surface area contributed by atoms with Crippen molar-refractivity contribution in [3.05, 3.63) is 28.2 Å². The molecule has 2 fully saturated rings. The number of nitrogens with zero attached hydrogens (tertiary/aromatic N) is 1. The van der Waals surface area contributed by atoms with Crippen molar-refractivity contribution in [1.29, 1.82) is 0 Å². The average Bonchev–Trinajstić information content (AvgIpc) is 2.99. The summed E-state index contributed by atoms with van der Waals surface area (Å²) in [5.74, 6) is 1.08. The number of nitrogens with one attached hydrogen (secondary N) is 1. The largest absolute Gasteiger partial charge is 0.488 e. The molecular formula is C16H21Cl3N2O2. The molecule has 1 aromatic carbocycles. The Morgan fingerprint density at radius 1 is 1.26 bits per heavy atom. The van der Waals surface area contributed by atoms with E-state index in [1.807, 2.05) is 11.0 Å². The zero-order valence-electron chi connectivity index (χ0n) is 12.8. The van der Waals surface area contributed by atoms with Gasteiger partial charge in [-0.25, -0.2) is 0 Å². The van der Waals surface area contributed by atoms with Crippen LogP contribution in [0.3, 0.4) is 0 Å². The Kier molecular flexibility index (Phi) is 6.84. The van der Waals surface area contributed by atoms with E-state index >= 15 is 0 Å². The first-order valence-electron chi connectivity index (χ1n) is 7.74. The molecule has 23 heavy (non-hydrogen) atoms. The van der Waals surface area contributed by atoms with Gasteiger partial charge in [0.05, 0.1) is 22.5 Å². The summed E-state index contributed by atoms with van der Waals surface area (Å²) in [5.41, 5.74) is 0. The number of likely N-dealkylation sites (tertiary alicyclic amines) is 1. The van der Waals surface area contributed by atoms with Crippen LogP contribution in [0.5, 0.6) is 5.75 Å². The number of hydrogen-bond donors (Lipinski definition) is 1. The Morgan fingerprint density at radius 3 is 2.78 bits per heavy atom. The topological polar surface area (TPSA) is 41.6 Å². The Morgan fingerprint density at radius 2 is 2.09 bits per heavy atom. The molecule has 0 radical (unpaired) electrons. The fraction of sp³-hybridized carbons (Fsp3) is 0.562. The number of carbonyl (C=O) groups is 1. The van der Waals surface area contributed by atoms with E-state index in [1.54, 1.807) is 12.1 Å². The standard InChI is InChI=1S/C16H20Cl2N2O2.ClH/c17-14-4-3-12(8-15(14)18)22-13-5-7-20(10-13)16(21)11-2-1-6-19-9-11;/h3-4,8,11,13,19H,1-2,5-7,9-10H2;1H. The molecule has 0 saturated carbocycles. The van der Waals surface area contributed by atoms with Crippen molar-refractivity contribution in [2.24, 2.45) is 5.92 Å². The molecule has 0 aromatic heterocycles. The molecule has 3 rings (SSSR count). The molecule has 4 nitrogen and oxygen atoms in total. The molecule has 2 aliphatic heterocycles. The number of hydrogen-bond acceptors (Lipinski definition) is 3. The van der Waals surface area contributed by atoms with Crippen molar-refractivity contribution in [2.45, 2.75) is 25.4 Å². The number of carbonyl (C=O) groups excluding carboxylic acids is 1. The molecule has 1 aromatic rings. The van der Waals surface area contributed by atoms with Crippen molar-refractivity contribution in [3.8, 4) is 5.75 Å². The third-order valence-corrected chi connectivity index (χ3v) is 5.04. The minimum Gasteiger partial charge on any atom is -0.488 e. The van der Waals surface area contributed by atoms with E-state index < -0.39 is 0 Å². The summed E-state index contributed by atoms with van der Waals surface area (Å²) in [6.45, 7) is 3.23. The van der Waals surface area contributed by atoms with Gasteiger partial charge >= 0.3 is 0 Å². The van der Waals surface area contributed by atoms with Crippen LogP contribution in [-0.4, -0.2) is 43.1 Å². The predicted molar refractivity (Wildman–Crippen MR) is 94.9 cm³/mol. The Bertz CT molecular complexity index is 550. The zero-order valence-corrected chi connectivity index (χ0v) is 15.1. The molecule has 2 saturated heterocycles. The molecule has 2 aliphatic rings. The molecule has 128 valence electrons. The SMILES string of the molecule is Cl.O=C(C1CCCNC1)N1CCC(Oc2ccc(Cl)c(Cl)c2)C1. The lowest BCUT2D eigenvalue weighted by Gasteiger charge is -2.26. The van der Waals surface area contributed by atoms with Crippen molar-refractivity contribution in [1.82, 2.24) is 10.2 Å². The first kappa shape index (κ1) is 18.7. The number of piperidine rings is 1. The monoisotopic (exact) mass is 378 g/mol. The molecule has 0 bridgehead atoms. The van der Waals surface area contributed by atoms with Crippen LogP contribution in [0.15, 0.2) is 18.2 Å². The Hall–Kier alpha value is -0.680. The van der Waals surface area contributed by atoms with Crippen molar-refractivity contribution < 1.29 is 9.53 Å². The molecular weight excluding hydrogens is 359 g/mol. The maximum atomic E-state index is 12.5. The van der Waals surface area contributed by atoms with Crippen molar-refractivity contribution >= 4 is 41.5 Å². The van der Waals surface area contributed by atoms with Gasteiger partial charge in [-0.2, -0.15) is 0 Å². The average molecular weight is 380 g/mol. The Balaban J connectivity index is 0.00000192. The van der Waals surface area contributed by atoms with Crippen LogP contribution < -0.4 is 10.1 Å². The van der Waals surface area contributed by atoms with E-state index in [0.717, 1.165) is 38.9 Å². The predicted octanol–water partition coefficient (Wildman–Crippen LogP) is 3.39. The molecule has 0 spiro atoms. The van der Waals surface area contributed by atoms with Gasteiger partial charge in [0, 0.05) is 25.6 Å². The van der Waals surface area contributed by atoms with E-state index in [0.29, 0.717) is 22.3 Å². The van der Waals surface area contributed by atoms with E-state index in [4.69, 9.17) is 27.9 Å². The summed E-state index contributed by atoms with van der Waals surface area (Å²) in [6.07, 6.45) is 2.94.